The largest absolute Gasteiger partial charge is 0.573 e. The van der Waals surface area contributed by atoms with Gasteiger partial charge < -0.3 is 40.0 Å². The van der Waals surface area contributed by atoms with E-state index in [0.717, 1.165) is 45.8 Å². The topological polar surface area (TPSA) is 92.7 Å². The number of aromatic nitrogens is 6. The second kappa shape index (κ2) is 26.1. The van der Waals surface area contributed by atoms with Crippen LogP contribution in [0.15, 0.2) is 146 Å². The maximum absolute atomic E-state index is 12.7. The number of halogens is 8. The van der Waals surface area contributed by atoms with Crippen molar-refractivity contribution in [2.75, 3.05) is 23.9 Å². The molecule has 0 spiro atoms. The van der Waals surface area contributed by atoms with Crippen LogP contribution < -0.4 is 20.0 Å². The van der Waals surface area contributed by atoms with Crippen molar-refractivity contribution in [3.8, 4) is 45.3 Å². The maximum atomic E-state index is 12.7. The van der Waals surface area contributed by atoms with E-state index in [0.29, 0.717) is 22.8 Å². The molecule has 414 valence electrons. The Labute approximate surface area is 476 Å². The van der Waals surface area contributed by atoms with E-state index in [2.05, 4.69) is 96.2 Å². The normalized spacial score (nSPS) is 13.1. The molecule has 0 bridgehead atoms. The molecule has 0 saturated carbocycles. The number of hydrogen-bond acceptors (Lipinski definition) is 8. The fourth-order valence-corrected chi connectivity index (χ4v) is 6.98. The molecule has 0 unspecified atom stereocenters. The van der Waals surface area contributed by atoms with E-state index in [1.54, 1.807) is 48.5 Å². The molecular weight excluding hydrogens is 1370 g/mol. The third-order valence-electron chi connectivity index (χ3n) is 11.2. The van der Waals surface area contributed by atoms with Gasteiger partial charge in [-0.05, 0) is 85.4 Å². The Bertz CT molecular complexity index is 3000. The number of hydrogen-bond donors (Lipinski definition) is 0. The van der Waals surface area contributed by atoms with Crippen LogP contribution >= 0.6 is 0 Å². The molecule has 2 aliphatic heterocycles. The van der Waals surface area contributed by atoms with E-state index in [-0.39, 0.29) is 74.1 Å². The molecule has 6 heterocycles. The Hall–Kier alpha value is -6.98. The molecule has 0 saturated heterocycles. The third-order valence-corrected chi connectivity index (χ3v) is 11.2. The van der Waals surface area contributed by atoms with E-state index < -0.39 is 23.7 Å². The number of nitrogens with zero attached hydrogens (tertiary/aromatic N) is 10. The van der Waals surface area contributed by atoms with E-state index in [4.69, 9.17) is 0 Å². The molecule has 2 radical (unpaired) electrons. The Morgan fingerprint density at radius 3 is 1.10 bits per heavy atom. The smallest absolute Gasteiger partial charge is 0.431 e. The first kappa shape index (κ1) is 61.9. The van der Waals surface area contributed by atoms with Gasteiger partial charge in [-0.3, -0.25) is 18.7 Å². The van der Waals surface area contributed by atoms with Crippen LogP contribution in [-0.2, 0) is 63.4 Å². The summed E-state index contributed by atoms with van der Waals surface area (Å²) in [5.41, 5.74) is 5.61. The van der Waals surface area contributed by atoms with Crippen LogP contribution in [0.4, 0.5) is 46.5 Å². The number of alkyl halides is 6. The molecule has 78 heavy (non-hydrogen) atoms. The van der Waals surface area contributed by atoms with Gasteiger partial charge in [0, 0.05) is 63.2 Å². The molecule has 0 atom stereocenters. The average molecular weight is 1420 g/mol. The number of pyridine rings is 2. The second-order valence-corrected chi connectivity index (χ2v) is 19.3. The third kappa shape index (κ3) is 17.0. The molecule has 10 nitrogen and oxygen atoms in total. The standard InChI is InChI=1S/2C19H16F3N3.2C10H9FN2.2Ir/c2*1-18(2,3)13-9-7-12(8-10-13)14-5-4-6-15(23-14)16-11-17(25-24-16)19(20,21)22;2*1-12-6-7-13(8-12)10-4-2-9(11)3-5-10;;/h2*4-7,9-11H,1-3H3;2*2-4,6-8H,1H3;;/q4*-2;;. The van der Waals surface area contributed by atoms with Crippen LogP contribution in [0.3, 0.4) is 0 Å². The summed E-state index contributed by atoms with van der Waals surface area (Å²) in [7, 11) is 3.86. The predicted octanol–water partition coefficient (Wildman–Crippen LogP) is 13.7. The van der Waals surface area contributed by atoms with E-state index >= 15 is 0 Å². The molecule has 10 rings (SSSR count). The zero-order valence-electron chi connectivity index (χ0n) is 43.2. The van der Waals surface area contributed by atoms with E-state index in [1.807, 2.05) is 108 Å². The van der Waals surface area contributed by atoms with Crippen molar-refractivity contribution >= 4 is 11.4 Å². The summed E-state index contributed by atoms with van der Waals surface area (Å²) < 4.78 is 101. The molecule has 0 aliphatic carbocycles. The second-order valence-electron chi connectivity index (χ2n) is 19.3. The van der Waals surface area contributed by atoms with Gasteiger partial charge in [-0.1, -0.05) is 77.2 Å². The molecule has 4 aromatic heterocycles. The van der Waals surface area contributed by atoms with E-state index in [1.165, 1.54) is 24.3 Å². The summed E-state index contributed by atoms with van der Waals surface area (Å²) in [4.78, 5) is 16.4. The van der Waals surface area contributed by atoms with Crippen molar-refractivity contribution < 1.29 is 75.3 Å². The molecular formula is C58H50F8Ir2N10-8. The zero-order chi connectivity index (χ0) is 55.0. The fraction of sp³-hybridized carbons (Fsp3) is 0.207. The number of benzene rings is 4. The predicted molar refractivity (Wildman–Crippen MR) is 275 cm³/mol. The Balaban J connectivity index is 0.000000198. The Morgan fingerprint density at radius 2 is 0.833 bits per heavy atom. The van der Waals surface area contributed by atoms with Gasteiger partial charge in [0.25, 0.3) is 0 Å². The van der Waals surface area contributed by atoms with Gasteiger partial charge >= 0.3 is 12.4 Å². The number of anilines is 2. The summed E-state index contributed by atoms with van der Waals surface area (Å²) in [6, 6.07) is 44.6. The van der Waals surface area contributed by atoms with Crippen molar-refractivity contribution in [1.29, 1.82) is 0 Å². The number of rotatable bonds is 6. The quantitative estimate of drug-likeness (QED) is 0.118. The van der Waals surface area contributed by atoms with Crippen LogP contribution in [0.5, 0.6) is 0 Å². The summed E-state index contributed by atoms with van der Waals surface area (Å²) in [6.07, 6.45) is -1.42. The molecule has 0 amide bonds. The summed E-state index contributed by atoms with van der Waals surface area (Å²) in [6.45, 7) is 16.5. The van der Waals surface area contributed by atoms with Gasteiger partial charge in [0.05, 0.1) is 0 Å². The molecule has 2 aliphatic rings. The molecule has 8 aromatic rings. The molecule has 4 aromatic carbocycles. The first-order valence-electron chi connectivity index (χ1n) is 23.4. The van der Waals surface area contributed by atoms with Gasteiger partial charge in [0.15, 0.2) is 0 Å². The fourth-order valence-electron chi connectivity index (χ4n) is 6.98. The average Bonchev–Trinajstić information content (AvgIpc) is 4.25. The van der Waals surface area contributed by atoms with Crippen molar-refractivity contribution in [3.63, 3.8) is 0 Å². The first-order valence-corrected chi connectivity index (χ1v) is 23.4. The van der Waals surface area contributed by atoms with Gasteiger partial charge in [-0.2, -0.15) is 51.8 Å². The van der Waals surface area contributed by atoms with Crippen molar-refractivity contribution in [2.45, 2.75) is 64.7 Å². The minimum atomic E-state index is -4.51. The van der Waals surface area contributed by atoms with Crippen LogP contribution in [0.25, 0.3) is 45.3 Å². The molecule has 0 fully saturated rings. The molecule has 0 N–H and O–H groups in total. The summed E-state index contributed by atoms with van der Waals surface area (Å²) in [5, 5.41) is 13.5. The van der Waals surface area contributed by atoms with Crippen LogP contribution in [0.2, 0.25) is 0 Å². The summed E-state index contributed by atoms with van der Waals surface area (Å²) >= 11 is 0. The van der Waals surface area contributed by atoms with Gasteiger partial charge in [0.2, 0.25) is 0 Å². The van der Waals surface area contributed by atoms with E-state index in [9.17, 15) is 35.1 Å². The minimum absolute atomic E-state index is 0. The van der Waals surface area contributed by atoms with Crippen molar-refractivity contribution in [1.82, 2.24) is 40.2 Å². The van der Waals surface area contributed by atoms with Crippen LogP contribution in [0.1, 0.15) is 64.1 Å². The minimum Gasteiger partial charge on any atom is -0.573 e. The monoisotopic (exact) mass is 1420 g/mol. The first-order chi connectivity index (χ1) is 35.8. The molecule has 20 heteroatoms. The van der Waals surface area contributed by atoms with Crippen molar-refractivity contribution in [3.05, 3.63) is 218 Å². The van der Waals surface area contributed by atoms with Gasteiger partial charge in [-0.25, -0.2) is 0 Å². The Kier molecular flexibility index (Phi) is 20.7. The summed E-state index contributed by atoms with van der Waals surface area (Å²) in [5.74, 6) is -0.527. The maximum Gasteiger partial charge on any atom is 0.431 e. The van der Waals surface area contributed by atoms with Crippen molar-refractivity contribution in [2.24, 2.45) is 0 Å². The Morgan fingerprint density at radius 1 is 0.462 bits per heavy atom. The zero-order valence-corrected chi connectivity index (χ0v) is 48.0. The van der Waals surface area contributed by atoms with Gasteiger partial charge in [-0.15, -0.1) is 119 Å². The van der Waals surface area contributed by atoms with Gasteiger partial charge in [0.1, 0.15) is 11.4 Å². The van der Waals surface area contributed by atoms with Crippen LogP contribution in [-0.4, -0.2) is 44.1 Å². The SMILES string of the molecule is CC(C)(C)c1c[c-]c(-c2cccc(-c3cc(C(F)(F)F)n[n-]3)n2)cc1.CC(C)(C)c1c[c-]c(-c2cccc(-c3cc(C(F)(F)F)n[n-]3)n2)cc1.CN1C=CN(c2[c-]cc(F)cc2)[CH-]1.CN1C=CN(c2[c-]cc(F)cc2)[CH-]1.[Ir].[Ir]. The van der Waals surface area contributed by atoms with Crippen LogP contribution in [0, 0.1) is 49.2 Å².